The Kier molecular flexibility index (Phi) is 4.30. The lowest BCUT2D eigenvalue weighted by Gasteiger charge is -2.13. The van der Waals surface area contributed by atoms with E-state index in [1.807, 2.05) is 6.07 Å². The highest BCUT2D eigenvalue weighted by atomic mass is 35.5. The van der Waals surface area contributed by atoms with Crippen LogP contribution in [0.3, 0.4) is 0 Å². The molecule has 0 saturated carbocycles. The summed E-state index contributed by atoms with van der Waals surface area (Å²) in [7, 11) is -3.53. The van der Waals surface area contributed by atoms with Crippen molar-refractivity contribution in [2.24, 2.45) is 0 Å². The molecule has 1 aromatic rings. The minimum absolute atomic E-state index is 0.0971. The molecule has 0 aromatic heterocycles. The molecule has 1 aliphatic heterocycles. The zero-order chi connectivity index (χ0) is 13.9. The number of rotatable bonds is 4. The van der Waals surface area contributed by atoms with Crippen molar-refractivity contribution in [1.29, 1.82) is 5.26 Å². The zero-order valence-electron chi connectivity index (χ0n) is 10.1. The molecule has 1 aromatic carbocycles. The Balaban J connectivity index is 2.13. The molecule has 1 heterocycles. The first-order chi connectivity index (χ1) is 9.00. The fraction of sp³-hybridized carbons (Fsp3) is 0.417. The standard InChI is InChI=1S/C12H13ClN2O3S/c13-11-4-3-9(7-14)6-12(11)15-19(16,17)8-10-2-1-5-18-10/h3-4,6,10,15H,1-2,5,8H2. The number of hydrogen-bond acceptors (Lipinski definition) is 4. The topological polar surface area (TPSA) is 79.2 Å². The summed E-state index contributed by atoms with van der Waals surface area (Å²) in [6, 6.07) is 6.37. The molecule has 1 atom stereocenters. The Labute approximate surface area is 117 Å². The van der Waals surface area contributed by atoms with E-state index in [0.717, 1.165) is 12.8 Å². The molecule has 0 bridgehead atoms. The van der Waals surface area contributed by atoms with Gasteiger partial charge in [-0.2, -0.15) is 5.26 Å². The Bertz CT molecular complexity index is 604. The Morgan fingerprint density at radius 2 is 2.32 bits per heavy atom. The van der Waals surface area contributed by atoms with E-state index in [1.165, 1.54) is 18.2 Å². The third-order valence-electron chi connectivity index (χ3n) is 2.79. The molecule has 19 heavy (non-hydrogen) atoms. The summed E-state index contributed by atoms with van der Waals surface area (Å²) in [6.45, 7) is 0.602. The van der Waals surface area contributed by atoms with Crippen molar-refractivity contribution in [3.05, 3.63) is 28.8 Å². The largest absolute Gasteiger partial charge is 0.377 e. The van der Waals surface area contributed by atoms with Gasteiger partial charge >= 0.3 is 0 Å². The van der Waals surface area contributed by atoms with Crippen LogP contribution in [0, 0.1) is 11.3 Å². The molecular weight excluding hydrogens is 288 g/mol. The summed E-state index contributed by atoms with van der Waals surface area (Å²) in [5.74, 6) is -0.0971. The SMILES string of the molecule is N#Cc1ccc(Cl)c(NS(=O)(=O)CC2CCCO2)c1. The lowest BCUT2D eigenvalue weighted by Crippen LogP contribution is -2.25. The average molecular weight is 301 g/mol. The summed E-state index contributed by atoms with van der Waals surface area (Å²) in [5.41, 5.74) is 0.568. The molecule has 1 N–H and O–H groups in total. The van der Waals surface area contributed by atoms with Crippen LogP contribution in [-0.2, 0) is 14.8 Å². The molecule has 5 nitrogen and oxygen atoms in total. The Morgan fingerprint density at radius 1 is 1.53 bits per heavy atom. The van der Waals surface area contributed by atoms with E-state index in [1.54, 1.807) is 0 Å². The molecule has 0 spiro atoms. The number of nitrogens with one attached hydrogen (secondary N) is 1. The van der Waals surface area contributed by atoms with E-state index in [0.29, 0.717) is 12.2 Å². The number of nitrogens with zero attached hydrogens (tertiary/aromatic N) is 1. The van der Waals surface area contributed by atoms with Gasteiger partial charge in [-0.25, -0.2) is 8.42 Å². The van der Waals surface area contributed by atoms with Crippen molar-refractivity contribution in [2.45, 2.75) is 18.9 Å². The third kappa shape index (κ3) is 3.83. The fourth-order valence-electron chi connectivity index (χ4n) is 1.90. The predicted molar refractivity (Wildman–Crippen MR) is 72.6 cm³/mol. The molecule has 1 unspecified atom stereocenters. The second kappa shape index (κ2) is 5.78. The minimum Gasteiger partial charge on any atom is -0.377 e. The van der Waals surface area contributed by atoms with Gasteiger partial charge in [0.05, 0.1) is 34.2 Å². The molecule has 7 heteroatoms. The number of halogens is 1. The van der Waals surface area contributed by atoms with Gasteiger partial charge in [0.15, 0.2) is 0 Å². The quantitative estimate of drug-likeness (QED) is 0.924. The average Bonchev–Trinajstić information content (AvgIpc) is 2.83. The third-order valence-corrected chi connectivity index (χ3v) is 4.46. The van der Waals surface area contributed by atoms with Gasteiger partial charge in [-0.3, -0.25) is 4.72 Å². The summed E-state index contributed by atoms with van der Waals surface area (Å²) in [4.78, 5) is 0. The highest BCUT2D eigenvalue weighted by molar-refractivity contribution is 7.92. The van der Waals surface area contributed by atoms with Crippen LogP contribution in [0.15, 0.2) is 18.2 Å². The predicted octanol–water partition coefficient (Wildman–Crippen LogP) is 2.13. The van der Waals surface area contributed by atoms with Crippen molar-refractivity contribution in [1.82, 2.24) is 0 Å². The smallest absolute Gasteiger partial charge is 0.235 e. The molecule has 102 valence electrons. The summed E-state index contributed by atoms with van der Waals surface area (Å²) in [5, 5.41) is 9.05. The van der Waals surface area contributed by atoms with Crippen LogP contribution in [-0.4, -0.2) is 26.9 Å². The first-order valence-electron chi connectivity index (χ1n) is 5.82. The molecule has 1 aliphatic rings. The van der Waals surface area contributed by atoms with Gasteiger partial charge in [-0.1, -0.05) is 11.6 Å². The lowest BCUT2D eigenvalue weighted by atomic mass is 10.2. The van der Waals surface area contributed by atoms with E-state index in [9.17, 15) is 8.42 Å². The number of anilines is 1. The van der Waals surface area contributed by atoms with Crippen LogP contribution >= 0.6 is 11.6 Å². The van der Waals surface area contributed by atoms with E-state index in [-0.39, 0.29) is 22.6 Å². The Hall–Kier alpha value is -1.29. The van der Waals surface area contributed by atoms with Crippen LogP contribution in [0.25, 0.3) is 0 Å². The van der Waals surface area contributed by atoms with Crippen LogP contribution in [0.5, 0.6) is 0 Å². The first kappa shape index (κ1) is 14.1. The molecule has 0 aliphatic carbocycles. The van der Waals surface area contributed by atoms with Crippen LogP contribution in [0.2, 0.25) is 5.02 Å². The summed E-state index contributed by atoms with van der Waals surface area (Å²) in [6.07, 6.45) is 1.35. The highest BCUT2D eigenvalue weighted by Crippen LogP contribution is 2.24. The maximum atomic E-state index is 12.0. The summed E-state index contributed by atoms with van der Waals surface area (Å²) >= 11 is 5.91. The van der Waals surface area contributed by atoms with Crippen LogP contribution in [0.1, 0.15) is 18.4 Å². The van der Waals surface area contributed by atoms with Gasteiger partial charge in [0.2, 0.25) is 10.0 Å². The number of sulfonamides is 1. The first-order valence-corrected chi connectivity index (χ1v) is 7.85. The van der Waals surface area contributed by atoms with Gasteiger partial charge in [-0.05, 0) is 31.0 Å². The van der Waals surface area contributed by atoms with Crippen molar-refractivity contribution in [3.63, 3.8) is 0 Å². The maximum Gasteiger partial charge on any atom is 0.235 e. The molecule has 1 saturated heterocycles. The maximum absolute atomic E-state index is 12.0. The second-order valence-electron chi connectivity index (χ2n) is 4.32. The van der Waals surface area contributed by atoms with Gasteiger partial charge < -0.3 is 4.74 Å². The number of nitriles is 1. The molecule has 0 amide bonds. The fourth-order valence-corrected chi connectivity index (χ4v) is 3.46. The van der Waals surface area contributed by atoms with Gasteiger partial charge in [0, 0.05) is 6.61 Å². The monoisotopic (exact) mass is 300 g/mol. The highest BCUT2D eigenvalue weighted by Gasteiger charge is 2.23. The normalized spacial score (nSPS) is 19.1. The van der Waals surface area contributed by atoms with Crippen molar-refractivity contribution in [3.8, 4) is 6.07 Å². The number of benzene rings is 1. The van der Waals surface area contributed by atoms with E-state index < -0.39 is 10.0 Å². The molecular formula is C12H13ClN2O3S. The van der Waals surface area contributed by atoms with E-state index >= 15 is 0 Å². The molecule has 1 fully saturated rings. The van der Waals surface area contributed by atoms with Crippen molar-refractivity contribution < 1.29 is 13.2 Å². The Morgan fingerprint density at radius 3 is 2.95 bits per heavy atom. The zero-order valence-corrected chi connectivity index (χ0v) is 11.7. The number of ether oxygens (including phenoxy) is 1. The van der Waals surface area contributed by atoms with Crippen molar-refractivity contribution in [2.75, 3.05) is 17.1 Å². The van der Waals surface area contributed by atoms with E-state index in [4.69, 9.17) is 21.6 Å². The van der Waals surface area contributed by atoms with E-state index in [2.05, 4.69) is 4.72 Å². The lowest BCUT2D eigenvalue weighted by molar-refractivity contribution is 0.127. The summed E-state index contributed by atoms with van der Waals surface area (Å²) < 4.78 is 31.6. The second-order valence-corrected chi connectivity index (χ2v) is 6.50. The number of hydrogen-bond donors (Lipinski definition) is 1. The minimum atomic E-state index is -3.53. The van der Waals surface area contributed by atoms with Gasteiger partial charge in [0.25, 0.3) is 0 Å². The van der Waals surface area contributed by atoms with Crippen molar-refractivity contribution >= 4 is 27.3 Å². The van der Waals surface area contributed by atoms with Crippen LogP contribution < -0.4 is 4.72 Å². The molecule has 0 radical (unpaired) electrons. The van der Waals surface area contributed by atoms with Gasteiger partial charge in [0.1, 0.15) is 0 Å². The van der Waals surface area contributed by atoms with Gasteiger partial charge in [-0.15, -0.1) is 0 Å². The van der Waals surface area contributed by atoms with Crippen LogP contribution in [0.4, 0.5) is 5.69 Å². The molecule has 2 rings (SSSR count).